The molecule has 0 saturated carbocycles. The number of rotatable bonds is 7. The van der Waals surface area contributed by atoms with Crippen LogP contribution in [0, 0.1) is 12.3 Å². The molecule has 1 unspecified atom stereocenters. The highest BCUT2D eigenvalue weighted by molar-refractivity contribution is 6.30. The van der Waals surface area contributed by atoms with Gasteiger partial charge >= 0.3 is 0 Å². The van der Waals surface area contributed by atoms with Crippen molar-refractivity contribution >= 4 is 11.6 Å². The van der Waals surface area contributed by atoms with E-state index in [1.165, 1.54) is 18.4 Å². The Bertz CT molecular complexity index is 387. The van der Waals surface area contributed by atoms with Crippen molar-refractivity contribution in [1.29, 1.82) is 0 Å². The molecule has 0 spiro atoms. The molecule has 0 bridgehead atoms. The van der Waals surface area contributed by atoms with Gasteiger partial charge in [0.15, 0.2) is 0 Å². The molecule has 0 aliphatic rings. The average Bonchev–Trinajstić information content (AvgIpc) is 2.54. The lowest BCUT2D eigenvalue weighted by molar-refractivity contribution is 0.277. The van der Waals surface area contributed by atoms with Gasteiger partial charge in [0.05, 0.1) is 5.69 Å². The Morgan fingerprint density at radius 2 is 2.06 bits per heavy atom. The van der Waals surface area contributed by atoms with Crippen LogP contribution in [-0.4, -0.2) is 22.9 Å². The summed E-state index contributed by atoms with van der Waals surface area (Å²) in [5.74, 6) is 0. The molecule has 0 radical (unpaired) electrons. The minimum Gasteiger partial charge on any atom is -0.316 e. The van der Waals surface area contributed by atoms with Crippen LogP contribution in [0.25, 0.3) is 0 Å². The molecule has 0 aliphatic carbocycles. The number of aromatic nitrogens is 2. The summed E-state index contributed by atoms with van der Waals surface area (Å²) in [6.45, 7) is 10.8. The van der Waals surface area contributed by atoms with Gasteiger partial charge in [0, 0.05) is 19.2 Å². The van der Waals surface area contributed by atoms with Gasteiger partial charge in [0.1, 0.15) is 5.15 Å². The molecule has 0 amide bonds. The van der Waals surface area contributed by atoms with Gasteiger partial charge in [-0.05, 0) is 31.7 Å². The average molecular weight is 272 g/mol. The first-order valence-electron chi connectivity index (χ1n) is 6.82. The van der Waals surface area contributed by atoms with Crippen LogP contribution in [0.15, 0.2) is 0 Å². The number of hydrogen-bond acceptors (Lipinski definition) is 2. The first-order valence-corrected chi connectivity index (χ1v) is 7.20. The molecule has 0 saturated heterocycles. The number of nitrogens with zero attached hydrogens (tertiary/aromatic N) is 2. The third-order valence-corrected chi connectivity index (χ3v) is 4.00. The van der Waals surface area contributed by atoms with Gasteiger partial charge in [-0.3, -0.25) is 4.68 Å². The number of nitrogens with one attached hydrogen (secondary N) is 1. The maximum absolute atomic E-state index is 6.33. The van der Waals surface area contributed by atoms with Crippen LogP contribution < -0.4 is 5.32 Å². The second kappa shape index (κ2) is 6.58. The van der Waals surface area contributed by atoms with Crippen molar-refractivity contribution in [2.24, 2.45) is 12.5 Å². The van der Waals surface area contributed by atoms with Crippen LogP contribution in [0.3, 0.4) is 0 Å². The quantitative estimate of drug-likeness (QED) is 0.824. The number of hydrogen-bond donors (Lipinski definition) is 1. The van der Waals surface area contributed by atoms with Crippen LogP contribution in [-0.2, 0) is 13.5 Å². The number of halogens is 1. The second-order valence-electron chi connectivity index (χ2n) is 5.50. The fraction of sp³-hybridized carbons (Fsp3) is 0.786. The summed E-state index contributed by atoms with van der Waals surface area (Å²) in [6.07, 6.45) is 3.38. The first kappa shape index (κ1) is 15.5. The molecule has 3 nitrogen and oxygen atoms in total. The van der Waals surface area contributed by atoms with E-state index in [1.54, 1.807) is 4.68 Å². The Labute approximate surface area is 116 Å². The Morgan fingerprint density at radius 3 is 2.50 bits per heavy atom. The lowest BCUT2D eigenvalue weighted by Gasteiger charge is -2.29. The molecule has 1 aromatic rings. The molecular weight excluding hydrogens is 246 g/mol. The normalized spacial score (nSPS) is 14.8. The van der Waals surface area contributed by atoms with E-state index in [-0.39, 0.29) is 5.41 Å². The Balaban J connectivity index is 2.88. The largest absolute Gasteiger partial charge is 0.316 e. The molecule has 1 rings (SSSR count). The van der Waals surface area contributed by atoms with Crippen molar-refractivity contribution in [2.45, 2.75) is 47.0 Å². The van der Waals surface area contributed by atoms with Gasteiger partial charge in [0.2, 0.25) is 0 Å². The molecule has 104 valence electrons. The lowest BCUT2D eigenvalue weighted by atomic mass is 9.79. The van der Waals surface area contributed by atoms with Gasteiger partial charge in [-0.25, -0.2) is 0 Å². The summed E-state index contributed by atoms with van der Waals surface area (Å²) >= 11 is 6.33. The SMILES string of the molecule is CCCC(C)(CNCC)Cc1c(C)nn(C)c1Cl. The molecule has 0 aromatic carbocycles. The predicted octanol–water partition coefficient (Wildman–Crippen LogP) is 3.34. The smallest absolute Gasteiger partial charge is 0.130 e. The van der Waals surface area contributed by atoms with Crippen LogP contribution in [0.2, 0.25) is 5.15 Å². The third kappa shape index (κ3) is 3.72. The summed E-state index contributed by atoms with van der Waals surface area (Å²) in [5, 5.41) is 8.65. The molecule has 18 heavy (non-hydrogen) atoms. The molecule has 4 heteroatoms. The minimum atomic E-state index is 0.252. The van der Waals surface area contributed by atoms with E-state index in [4.69, 9.17) is 11.6 Å². The highest BCUT2D eigenvalue weighted by Crippen LogP contribution is 2.32. The van der Waals surface area contributed by atoms with Crippen LogP contribution in [0.1, 0.15) is 44.9 Å². The van der Waals surface area contributed by atoms with E-state index < -0.39 is 0 Å². The zero-order valence-corrected chi connectivity index (χ0v) is 13.1. The van der Waals surface area contributed by atoms with Gasteiger partial charge in [0.25, 0.3) is 0 Å². The highest BCUT2D eigenvalue weighted by Gasteiger charge is 2.26. The van der Waals surface area contributed by atoms with Crippen LogP contribution in [0.4, 0.5) is 0 Å². The maximum Gasteiger partial charge on any atom is 0.130 e. The van der Waals surface area contributed by atoms with E-state index in [0.717, 1.165) is 30.4 Å². The molecule has 1 heterocycles. The molecule has 0 fully saturated rings. The molecule has 1 N–H and O–H groups in total. The monoisotopic (exact) mass is 271 g/mol. The van der Waals surface area contributed by atoms with E-state index in [1.807, 2.05) is 14.0 Å². The Kier molecular flexibility index (Phi) is 5.67. The summed E-state index contributed by atoms with van der Waals surface area (Å²) < 4.78 is 1.77. The van der Waals surface area contributed by atoms with Crippen molar-refractivity contribution in [3.8, 4) is 0 Å². The van der Waals surface area contributed by atoms with Gasteiger partial charge in [-0.2, -0.15) is 5.10 Å². The van der Waals surface area contributed by atoms with Crippen molar-refractivity contribution in [2.75, 3.05) is 13.1 Å². The summed E-state index contributed by atoms with van der Waals surface area (Å²) in [4.78, 5) is 0. The number of aryl methyl sites for hydroxylation is 2. The van der Waals surface area contributed by atoms with Crippen LogP contribution in [0.5, 0.6) is 0 Å². The van der Waals surface area contributed by atoms with Crippen molar-refractivity contribution in [3.63, 3.8) is 0 Å². The molecule has 1 atom stereocenters. The van der Waals surface area contributed by atoms with Crippen molar-refractivity contribution in [3.05, 3.63) is 16.4 Å². The maximum atomic E-state index is 6.33. The lowest BCUT2D eigenvalue weighted by Crippen LogP contribution is -2.33. The summed E-state index contributed by atoms with van der Waals surface area (Å²) in [5.41, 5.74) is 2.51. The van der Waals surface area contributed by atoms with Crippen molar-refractivity contribution < 1.29 is 0 Å². The van der Waals surface area contributed by atoms with E-state index in [2.05, 4.69) is 31.2 Å². The molecular formula is C14H26ClN3. The van der Waals surface area contributed by atoms with Crippen molar-refractivity contribution in [1.82, 2.24) is 15.1 Å². The highest BCUT2D eigenvalue weighted by atomic mass is 35.5. The zero-order valence-electron chi connectivity index (χ0n) is 12.3. The Morgan fingerprint density at radius 1 is 1.39 bits per heavy atom. The minimum absolute atomic E-state index is 0.252. The van der Waals surface area contributed by atoms with E-state index in [9.17, 15) is 0 Å². The van der Waals surface area contributed by atoms with Gasteiger partial charge in [-0.1, -0.05) is 38.8 Å². The fourth-order valence-corrected chi connectivity index (χ4v) is 2.81. The van der Waals surface area contributed by atoms with E-state index >= 15 is 0 Å². The predicted molar refractivity (Wildman–Crippen MR) is 78.2 cm³/mol. The topological polar surface area (TPSA) is 29.9 Å². The van der Waals surface area contributed by atoms with Gasteiger partial charge < -0.3 is 5.32 Å². The summed E-state index contributed by atoms with van der Waals surface area (Å²) in [7, 11) is 1.90. The summed E-state index contributed by atoms with van der Waals surface area (Å²) in [6, 6.07) is 0. The third-order valence-electron chi connectivity index (χ3n) is 3.53. The first-order chi connectivity index (χ1) is 8.43. The second-order valence-corrected chi connectivity index (χ2v) is 5.85. The standard InChI is InChI=1S/C14H26ClN3/c1-6-8-14(4,10-16-7-2)9-12-11(3)17-18(5)13(12)15/h16H,6-10H2,1-5H3. The molecule has 0 aliphatic heterocycles. The fourth-order valence-electron chi connectivity index (χ4n) is 2.57. The van der Waals surface area contributed by atoms with E-state index in [0.29, 0.717) is 0 Å². The molecule has 1 aromatic heterocycles. The Hall–Kier alpha value is -0.540. The van der Waals surface area contributed by atoms with Gasteiger partial charge in [-0.15, -0.1) is 0 Å². The zero-order chi connectivity index (χ0) is 13.8. The van der Waals surface area contributed by atoms with Crippen LogP contribution >= 0.6 is 11.6 Å².